The van der Waals surface area contributed by atoms with Crippen LogP contribution in [0.3, 0.4) is 0 Å². The first-order valence-corrected chi connectivity index (χ1v) is 2.92. The van der Waals surface area contributed by atoms with Crippen LogP contribution in [0.2, 0.25) is 0 Å². The van der Waals surface area contributed by atoms with Gasteiger partial charge in [-0.15, -0.1) is 0 Å². The highest BCUT2D eigenvalue weighted by Crippen LogP contribution is 2.26. The lowest BCUT2D eigenvalue weighted by molar-refractivity contribution is -0.0925. The van der Waals surface area contributed by atoms with Crippen molar-refractivity contribution < 1.29 is 13.2 Å². The van der Waals surface area contributed by atoms with Crippen molar-refractivity contribution >= 4 is 12.6 Å². The molecule has 0 amide bonds. The summed E-state index contributed by atoms with van der Waals surface area (Å²) >= 11 is 0. The molecule has 0 aromatic carbocycles. The van der Waals surface area contributed by atoms with Crippen LogP contribution in [0, 0.1) is 0 Å². The number of amidine groups is 1. The molecule has 0 saturated heterocycles. The van der Waals surface area contributed by atoms with Crippen molar-refractivity contribution in [3.8, 4) is 0 Å². The Morgan fingerprint density at radius 2 is 2.00 bits per heavy atom. The fourth-order valence-electron chi connectivity index (χ4n) is 0.442. The summed E-state index contributed by atoms with van der Waals surface area (Å²) in [6.45, 7) is 4.14. The Balaban J connectivity index is 4.82. The Morgan fingerprint density at radius 1 is 1.50 bits per heavy atom. The molecule has 2 N–H and O–H groups in total. The summed E-state index contributed by atoms with van der Waals surface area (Å²) in [5.74, 6) is -0.178. The maximum absolute atomic E-state index is 11.9. The van der Waals surface area contributed by atoms with E-state index in [4.69, 9.17) is 5.73 Å². The number of rotatable bonds is 2. The molecule has 0 aromatic heterocycles. The van der Waals surface area contributed by atoms with Gasteiger partial charge in [0.15, 0.2) is 5.70 Å². The van der Waals surface area contributed by atoms with Gasteiger partial charge in [-0.1, -0.05) is 0 Å². The third-order valence-corrected chi connectivity index (χ3v) is 0.801. The van der Waals surface area contributed by atoms with Crippen molar-refractivity contribution in [1.29, 1.82) is 0 Å². The molecule has 0 aliphatic heterocycles. The highest BCUT2D eigenvalue weighted by atomic mass is 19.4. The number of alkyl halides is 3. The van der Waals surface area contributed by atoms with E-state index < -0.39 is 11.9 Å². The average Bonchev–Trinajstić information content (AvgIpc) is 1.83. The van der Waals surface area contributed by atoms with Crippen molar-refractivity contribution in [2.45, 2.75) is 13.1 Å². The third kappa shape index (κ3) is 3.75. The van der Waals surface area contributed by atoms with Crippen LogP contribution in [0.1, 0.15) is 6.92 Å². The maximum atomic E-state index is 11.9. The van der Waals surface area contributed by atoms with Gasteiger partial charge in [-0.25, -0.2) is 4.99 Å². The van der Waals surface area contributed by atoms with E-state index in [0.29, 0.717) is 6.20 Å². The monoisotopic (exact) mass is 179 g/mol. The van der Waals surface area contributed by atoms with Crippen molar-refractivity contribution in [2.75, 3.05) is 0 Å². The van der Waals surface area contributed by atoms with Gasteiger partial charge in [-0.05, 0) is 13.6 Å². The molecule has 0 radical (unpaired) electrons. The first-order valence-electron chi connectivity index (χ1n) is 2.92. The van der Waals surface area contributed by atoms with Gasteiger partial charge in [-0.2, -0.15) is 13.2 Å². The van der Waals surface area contributed by atoms with E-state index in [2.05, 4.69) is 16.7 Å². The lowest BCUT2D eigenvalue weighted by Gasteiger charge is -2.05. The van der Waals surface area contributed by atoms with E-state index in [1.54, 1.807) is 0 Å². The Bertz CT molecular complexity index is 223. The van der Waals surface area contributed by atoms with Crippen LogP contribution in [0.4, 0.5) is 13.2 Å². The van der Waals surface area contributed by atoms with Gasteiger partial charge in [-0.3, -0.25) is 4.99 Å². The van der Waals surface area contributed by atoms with Gasteiger partial charge >= 0.3 is 6.18 Å². The van der Waals surface area contributed by atoms with E-state index in [0.717, 1.165) is 0 Å². The fourth-order valence-corrected chi connectivity index (χ4v) is 0.442. The minimum absolute atomic E-state index is 0.178. The minimum atomic E-state index is -4.54. The van der Waals surface area contributed by atoms with Crippen LogP contribution in [0.15, 0.2) is 21.9 Å². The van der Waals surface area contributed by atoms with Crippen LogP contribution in [-0.4, -0.2) is 18.7 Å². The molecule has 0 unspecified atom stereocenters. The van der Waals surface area contributed by atoms with Crippen molar-refractivity contribution in [2.24, 2.45) is 15.7 Å². The predicted molar refractivity (Wildman–Crippen MR) is 41.0 cm³/mol. The van der Waals surface area contributed by atoms with E-state index in [9.17, 15) is 13.2 Å². The topological polar surface area (TPSA) is 50.7 Å². The second-order valence-corrected chi connectivity index (χ2v) is 1.95. The summed E-state index contributed by atoms with van der Waals surface area (Å²) < 4.78 is 35.8. The van der Waals surface area contributed by atoms with Gasteiger partial charge in [0.1, 0.15) is 0 Å². The summed E-state index contributed by atoms with van der Waals surface area (Å²) in [6, 6.07) is 0. The van der Waals surface area contributed by atoms with E-state index in [1.807, 2.05) is 0 Å². The lowest BCUT2D eigenvalue weighted by atomic mass is 10.4. The molecule has 0 aliphatic rings. The Kier molecular flexibility index (Phi) is 3.46. The zero-order chi connectivity index (χ0) is 9.78. The number of allylic oxidation sites excluding steroid dienone is 1. The molecular weight excluding hydrogens is 171 g/mol. The quantitative estimate of drug-likeness (QED) is 0.506. The molecule has 0 rings (SSSR count). The van der Waals surface area contributed by atoms with Crippen LogP contribution in [0.5, 0.6) is 0 Å². The number of hydrogen-bond donors (Lipinski definition) is 1. The number of hydrogen-bond acceptors (Lipinski definition) is 2. The van der Waals surface area contributed by atoms with Crippen molar-refractivity contribution in [1.82, 2.24) is 0 Å². The molecule has 0 bridgehead atoms. The van der Waals surface area contributed by atoms with Gasteiger partial charge in [0.25, 0.3) is 0 Å². The maximum Gasteiger partial charge on any atom is 0.434 e. The van der Waals surface area contributed by atoms with Crippen LogP contribution in [-0.2, 0) is 0 Å². The summed E-state index contributed by atoms with van der Waals surface area (Å²) in [6.07, 6.45) is -4.03. The molecule has 0 aromatic rings. The lowest BCUT2D eigenvalue weighted by Crippen LogP contribution is -2.14. The molecule has 0 atom stereocenters. The number of nitrogens with zero attached hydrogens (tertiary/aromatic N) is 2. The fraction of sp³-hybridized carbons (Fsp3) is 0.333. The molecule has 68 valence electrons. The van der Waals surface area contributed by atoms with E-state index >= 15 is 0 Å². The summed E-state index contributed by atoms with van der Waals surface area (Å²) in [7, 11) is 0. The summed E-state index contributed by atoms with van der Waals surface area (Å²) in [5.41, 5.74) is 3.81. The largest absolute Gasteiger partial charge is 0.434 e. The van der Waals surface area contributed by atoms with Crippen LogP contribution in [0.25, 0.3) is 0 Å². The Morgan fingerprint density at radius 3 is 2.25 bits per heavy atom. The second kappa shape index (κ2) is 3.89. The Hall–Kier alpha value is -1.33. The number of halogens is 3. The average molecular weight is 179 g/mol. The minimum Gasteiger partial charge on any atom is -0.387 e. The third-order valence-electron chi connectivity index (χ3n) is 0.801. The SMILES string of the molecule is C=N/C=C(\N=C(C)N)C(F)(F)F. The molecule has 6 heteroatoms. The molecular formula is C6H8F3N3. The Labute approximate surface area is 67.5 Å². The highest BCUT2D eigenvalue weighted by Gasteiger charge is 2.33. The molecule has 3 nitrogen and oxygen atoms in total. The van der Waals surface area contributed by atoms with Crippen molar-refractivity contribution in [3.63, 3.8) is 0 Å². The first kappa shape index (κ1) is 10.7. The number of nitrogens with two attached hydrogens (primary N) is 1. The zero-order valence-electron chi connectivity index (χ0n) is 6.39. The predicted octanol–water partition coefficient (Wildman–Crippen LogP) is 1.47. The second-order valence-electron chi connectivity index (χ2n) is 1.95. The van der Waals surface area contributed by atoms with Gasteiger partial charge in [0, 0.05) is 0 Å². The van der Waals surface area contributed by atoms with E-state index in [-0.39, 0.29) is 5.84 Å². The van der Waals surface area contributed by atoms with E-state index in [1.165, 1.54) is 6.92 Å². The molecule has 0 heterocycles. The van der Waals surface area contributed by atoms with Crippen LogP contribution < -0.4 is 5.73 Å². The smallest absolute Gasteiger partial charge is 0.387 e. The zero-order valence-corrected chi connectivity index (χ0v) is 6.39. The normalized spacial score (nSPS) is 14.7. The van der Waals surface area contributed by atoms with Gasteiger partial charge in [0.2, 0.25) is 0 Å². The molecule has 0 aliphatic carbocycles. The standard InChI is InChI=1S/C6H8F3N3/c1-4(10)12-5(3-11-2)6(7,8)9/h3H,2H2,1H3,(H2,10,12)/b5-3-. The number of aliphatic imine (C=N–C) groups is 2. The van der Waals surface area contributed by atoms with Gasteiger partial charge < -0.3 is 5.73 Å². The molecule has 12 heavy (non-hydrogen) atoms. The van der Waals surface area contributed by atoms with Gasteiger partial charge in [0.05, 0.1) is 12.0 Å². The summed E-state index contributed by atoms with van der Waals surface area (Å²) in [5, 5.41) is 0. The summed E-state index contributed by atoms with van der Waals surface area (Å²) in [4.78, 5) is 6.00. The van der Waals surface area contributed by atoms with Crippen LogP contribution >= 0.6 is 0 Å². The first-order chi connectivity index (χ1) is 5.38. The molecule has 0 spiro atoms. The highest BCUT2D eigenvalue weighted by molar-refractivity contribution is 5.78. The molecule has 0 fully saturated rings. The van der Waals surface area contributed by atoms with Crippen molar-refractivity contribution in [3.05, 3.63) is 11.9 Å². The molecule has 0 saturated carbocycles.